The Labute approximate surface area is 144 Å². The van der Waals surface area contributed by atoms with E-state index >= 15 is 0 Å². The quantitative estimate of drug-likeness (QED) is 0.785. The fourth-order valence-corrected chi connectivity index (χ4v) is 3.86. The standard InChI is InChI=1S/C22H26O2/c23-21(18-12-6-2-7-13-18)20(16-17-10-4-1-5-11-17)22(24)19-14-8-3-9-15-19/h1-2,4-7,10-13,19-20,22,24H,3,8-9,14-16H2/t20-,22+/m0/s1. The largest absolute Gasteiger partial charge is 0.392 e. The summed E-state index contributed by atoms with van der Waals surface area (Å²) in [5.74, 6) is -0.0458. The first-order valence-electron chi connectivity index (χ1n) is 9.07. The fraction of sp³-hybridized carbons (Fsp3) is 0.409. The molecule has 0 unspecified atom stereocenters. The van der Waals surface area contributed by atoms with E-state index in [9.17, 15) is 9.90 Å². The van der Waals surface area contributed by atoms with E-state index in [0.29, 0.717) is 12.0 Å². The van der Waals surface area contributed by atoms with Crippen LogP contribution < -0.4 is 0 Å². The second-order valence-corrected chi connectivity index (χ2v) is 6.92. The highest BCUT2D eigenvalue weighted by molar-refractivity contribution is 5.98. The van der Waals surface area contributed by atoms with Gasteiger partial charge in [0.15, 0.2) is 5.78 Å². The van der Waals surface area contributed by atoms with Crippen LogP contribution in [0.15, 0.2) is 60.7 Å². The van der Waals surface area contributed by atoms with Gasteiger partial charge in [-0.2, -0.15) is 0 Å². The van der Waals surface area contributed by atoms with E-state index in [4.69, 9.17) is 0 Å². The van der Waals surface area contributed by atoms with E-state index in [-0.39, 0.29) is 17.6 Å². The summed E-state index contributed by atoms with van der Waals surface area (Å²) in [7, 11) is 0. The number of rotatable bonds is 6. The van der Waals surface area contributed by atoms with Gasteiger partial charge in [0.2, 0.25) is 0 Å². The van der Waals surface area contributed by atoms with Crippen molar-refractivity contribution in [2.75, 3.05) is 0 Å². The van der Waals surface area contributed by atoms with Gasteiger partial charge in [0.1, 0.15) is 0 Å². The lowest BCUT2D eigenvalue weighted by atomic mass is 9.76. The van der Waals surface area contributed by atoms with E-state index in [2.05, 4.69) is 0 Å². The van der Waals surface area contributed by atoms with Gasteiger partial charge in [-0.1, -0.05) is 79.9 Å². The minimum absolute atomic E-state index is 0.0672. The van der Waals surface area contributed by atoms with Crippen LogP contribution in [0.1, 0.15) is 48.0 Å². The number of benzene rings is 2. The Kier molecular flexibility index (Phi) is 5.81. The van der Waals surface area contributed by atoms with Crippen LogP contribution >= 0.6 is 0 Å². The minimum Gasteiger partial charge on any atom is -0.392 e. The summed E-state index contributed by atoms with van der Waals surface area (Å²) in [6, 6.07) is 19.5. The third-order valence-electron chi connectivity index (χ3n) is 5.24. The van der Waals surface area contributed by atoms with E-state index in [1.165, 1.54) is 19.3 Å². The molecule has 126 valence electrons. The smallest absolute Gasteiger partial charge is 0.168 e. The lowest BCUT2D eigenvalue weighted by molar-refractivity contribution is 0.0310. The van der Waals surface area contributed by atoms with Gasteiger partial charge in [-0.3, -0.25) is 4.79 Å². The Morgan fingerprint density at radius 1 is 0.917 bits per heavy atom. The van der Waals surface area contributed by atoms with E-state index in [1.807, 2.05) is 60.7 Å². The summed E-state index contributed by atoms with van der Waals surface area (Å²) >= 11 is 0. The molecule has 2 heteroatoms. The van der Waals surface area contributed by atoms with Gasteiger partial charge in [-0.15, -0.1) is 0 Å². The van der Waals surface area contributed by atoms with Gasteiger partial charge in [0.25, 0.3) is 0 Å². The van der Waals surface area contributed by atoms with Crippen LogP contribution in [0.4, 0.5) is 0 Å². The van der Waals surface area contributed by atoms with Crippen molar-refractivity contribution in [3.05, 3.63) is 71.8 Å². The molecule has 0 saturated heterocycles. The van der Waals surface area contributed by atoms with Gasteiger partial charge >= 0.3 is 0 Å². The van der Waals surface area contributed by atoms with Crippen LogP contribution in [-0.4, -0.2) is 17.0 Å². The van der Waals surface area contributed by atoms with Crippen molar-refractivity contribution in [2.45, 2.75) is 44.6 Å². The second kappa shape index (κ2) is 8.25. The number of Topliss-reactive ketones (excluding diaryl/α,β-unsaturated/α-hetero) is 1. The number of carbonyl (C=O) groups is 1. The summed E-state index contributed by atoms with van der Waals surface area (Å²) in [6.45, 7) is 0. The number of carbonyl (C=O) groups excluding carboxylic acids is 1. The van der Waals surface area contributed by atoms with Crippen LogP contribution in [-0.2, 0) is 6.42 Å². The molecule has 2 aromatic rings. The molecule has 24 heavy (non-hydrogen) atoms. The highest BCUT2D eigenvalue weighted by atomic mass is 16.3. The lowest BCUT2D eigenvalue weighted by Gasteiger charge is -2.32. The molecule has 0 spiro atoms. The molecule has 0 aromatic heterocycles. The molecule has 2 atom stereocenters. The van der Waals surface area contributed by atoms with Gasteiger partial charge in [0.05, 0.1) is 12.0 Å². The van der Waals surface area contributed by atoms with Crippen molar-refractivity contribution >= 4 is 5.78 Å². The number of ketones is 1. The Balaban J connectivity index is 1.83. The molecule has 0 bridgehead atoms. The predicted molar refractivity (Wildman–Crippen MR) is 97.0 cm³/mol. The van der Waals surface area contributed by atoms with Crippen molar-refractivity contribution in [3.8, 4) is 0 Å². The number of hydrogen-bond acceptors (Lipinski definition) is 2. The molecule has 0 radical (unpaired) electrons. The maximum atomic E-state index is 13.1. The normalized spacial score (nSPS) is 18.0. The zero-order chi connectivity index (χ0) is 16.8. The van der Waals surface area contributed by atoms with Crippen molar-refractivity contribution in [1.82, 2.24) is 0 Å². The molecule has 0 amide bonds. The molecule has 1 aliphatic carbocycles. The van der Waals surface area contributed by atoms with Crippen molar-refractivity contribution in [1.29, 1.82) is 0 Å². The van der Waals surface area contributed by atoms with Crippen LogP contribution in [0, 0.1) is 11.8 Å². The number of hydrogen-bond donors (Lipinski definition) is 1. The van der Waals surface area contributed by atoms with Crippen molar-refractivity contribution in [2.24, 2.45) is 11.8 Å². The summed E-state index contributed by atoms with van der Waals surface area (Å²) < 4.78 is 0. The molecular formula is C22H26O2. The topological polar surface area (TPSA) is 37.3 Å². The van der Waals surface area contributed by atoms with Crippen LogP contribution in [0.25, 0.3) is 0 Å². The molecule has 0 heterocycles. The highest BCUT2D eigenvalue weighted by Gasteiger charge is 2.33. The Morgan fingerprint density at radius 2 is 1.50 bits per heavy atom. The molecule has 3 rings (SSSR count). The Morgan fingerprint density at radius 3 is 2.12 bits per heavy atom. The van der Waals surface area contributed by atoms with Crippen molar-refractivity contribution in [3.63, 3.8) is 0 Å². The van der Waals surface area contributed by atoms with Crippen molar-refractivity contribution < 1.29 is 9.90 Å². The maximum Gasteiger partial charge on any atom is 0.168 e. The number of aliphatic hydroxyl groups is 1. The van der Waals surface area contributed by atoms with Gasteiger partial charge < -0.3 is 5.11 Å². The number of aliphatic hydroxyl groups excluding tert-OH is 1. The second-order valence-electron chi connectivity index (χ2n) is 6.92. The zero-order valence-electron chi connectivity index (χ0n) is 14.1. The molecule has 1 saturated carbocycles. The minimum atomic E-state index is -0.557. The van der Waals surface area contributed by atoms with E-state index < -0.39 is 6.10 Å². The summed E-state index contributed by atoms with van der Waals surface area (Å²) in [4.78, 5) is 13.1. The Hall–Kier alpha value is -1.93. The molecular weight excluding hydrogens is 296 g/mol. The highest BCUT2D eigenvalue weighted by Crippen LogP contribution is 2.32. The molecule has 1 fully saturated rings. The van der Waals surface area contributed by atoms with Gasteiger partial charge in [0, 0.05) is 5.56 Å². The molecule has 2 nitrogen and oxygen atoms in total. The third-order valence-corrected chi connectivity index (χ3v) is 5.24. The molecule has 1 aliphatic rings. The van der Waals surface area contributed by atoms with Crippen LogP contribution in [0.3, 0.4) is 0 Å². The Bertz CT molecular complexity index is 630. The van der Waals surface area contributed by atoms with Crippen LogP contribution in [0.2, 0.25) is 0 Å². The maximum absolute atomic E-state index is 13.1. The first-order chi connectivity index (χ1) is 11.8. The summed E-state index contributed by atoms with van der Waals surface area (Å²) in [5, 5.41) is 11.0. The molecule has 1 N–H and O–H groups in total. The van der Waals surface area contributed by atoms with E-state index in [1.54, 1.807) is 0 Å². The fourth-order valence-electron chi connectivity index (χ4n) is 3.86. The lowest BCUT2D eigenvalue weighted by Crippen LogP contribution is -2.37. The SMILES string of the molecule is O=C(c1ccccc1)[C@H](Cc1ccccc1)[C@H](O)C1CCCCC1. The van der Waals surface area contributed by atoms with E-state index in [0.717, 1.165) is 18.4 Å². The summed E-state index contributed by atoms with van der Waals surface area (Å²) in [6.07, 6.45) is 5.70. The first-order valence-corrected chi connectivity index (χ1v) is 9.07. The van der Waals surface area contributed by atoms with Crippen LogP contribution in [0.5, 0.6) is 0 Å². The van der Waals surface area contributed by atoms with Gasteiger partial charge in [-0.25, -0.2) is 0 Å². The third kappa shape index (κ3) is 4.12. The molecule has 0 aliphatic heterocycles. The average Bonchev–Trinajstić information content (AvgIpc) is 2.67. The summed E-state index contributed by atoms with van der Waals surface area (Å²) in [5.41, 5.74) is 1.81. The monoisotopic (exact) mass is 322 g/mol. The first kappa shape index (κ1) is 16.9. The predicted octanol–water partition coefficient (Wildman–Crippen LogP) is 4.67. The van der Waals surface area contributed by atoms with Gasteiger partial charge in [-0.05, 0) is 30.7 Å². The molecule has 2 aromatic carbocycles. The average molecular weight is 322 g/mol. The zero-order valence-corrected chi connectivity index (χ0v) is 14.1.